The molecule has 0 N–H and O–H groups in total. The van der Waals surface area contributed by atoms with E-state index in [1.54, 1.807) is 24.5 Å². The number of halogens is 7. The molecule has 15 heteroatoms. The van der Waals surface area contributed by atoms with E-state index in [0.717, 1.165) is 18.7 Å². The van der Waals surface area contributed by atoms with Gasteiger partial charge in [-0.1, -0.05) is 23.7 Å². The number of quaternary nitrogens is 1. The summed E-state index contributed by atoms with van der Waals surface area (Å²) in [5.74, 6) is -0.499. The van der Waals surface area contributed by atoms with Gasteiger partial charge in [0, 0.05) is 43.2 Å². The van der Waals surface area contributed by atoms with Gasteiger partial charge in [-0.05, 0) is 58.7 Å². The third-order valence-corrected chi connectivity index (χ3v) is 8.15. The number of nitrogens with zero attached hydrogens (tertiary/aromatic N) is 7. The summed E-state index contributed by atoms with van der Waals surface area (Å²) in [4.78, 5) is 25.1. The fourth-order valence-corrected chi connectivity index (χ4v) is 5.64. The first-order chi connectivity index (χ1) is 20.8. The Labute approximate surface area is 254 Å². The van der Waals surface area contributed by atoms with Gasteiger partial charge in [-0.2, -0.15) is 31.3 Å². The van der Waals surface area contributed by atoms with E-state index in [9.17, 15) is 31.1 Å². The fourth-order valence-electron chi connectivity index (χ4n) is 5.51. The summed E-state index contributed by atoms with van der Waals surface area (Å²) >= 11 is 6.08. The molecular formula is C29H29ClF6N7O+. The monoisotopic (exact) mass is 640 g/mol. The van der Waals surface area contributed by atoms with Crippen LogP contribution in [0.1, 0.15) is 39.4 Å². The van der Waals surface area contributed by atoms with Crippen LogP contribution in [0.15, 0.2) is 70.0 Å². The summed E-state index contributed by atoms with van der Waals surface area (Å²) in [6, 6.07) is 7.94. The number of likely N-dealkylation sites (N-methyl/N-ethyl adjacent to an activating group) is 1. The van der Waals surface area contributed by atoms with Gasteiger partial charge in [0.1, 0.15) is 6.21 Å². The van der Waals surface area contributed by atoms with Gasteiger partial charge >= 0.3 is 12.4 Å². The molecule has 0 aromatic heterocycles. The molecule has 1 fully saturated rings. The van der Waals surface area contributed by atoms with Crippen LogP contribution in [0.3, 0.4) is 0 Å². The second kappa shape index (κ2) is 12.4. The number of rotatable bonds is 8. The molecule has 0 saturated carbocycles. The van der Waals surface area contributed by atoms with Crippen molar-refractivity contribution in [3.63, 3.8) is 0 Å². The van der Waals surface area contributed by atoms with Gasteiger partial charge < -0.3 is 9.80 Å². The van der Waals surface area contributed by atoms with Crippen LogP contribution in [0.2, 0.25) is 5.02 Å². The van der Waals surface area contributed by atoms with Crippen molar-refractivity contribution in [1.29, 1.82) is 0 Å². The van der Waals surface area contributed by atoms with Crippen molar-refractivity contribution in [1.82, 2.24) is 14.8 Å². The van der Waals surface area contributed by atoms with Crippen molar-refractivity contribution >= 4 is 35.9 Å². The number of amidine groups is 1. The van der Waals surface area contributed by atoms with Crippen molar-refractivity contribution in [3.05, 3.63) is 82.1 Å². The maximum atomic E-state index is 13.4. The highest BCUT2D eigenvalue weighted by Gasteiger charge is 2.45. The molecule has 3 aliphatic rings. The number of alkyl halides is 6. The first-order valence-corrected chi connectivity index (χ1v) is 14.1. The maximum absolute atomic E-state index is 13.4. The number of fused-ring (bicyclic) bond motifs is 1. The second-order valence-corrected chi connectivity index (χ2v) is 11.2. The summed E-state index contributed by atoms with van der Waals surface area (Å²) in [6.45, 7) is 3.54. The third kappa shape index (κ3) is 6.88. The van der Waals surface area contributed by atoms with E-state index in [2.05, 4.69) is 25.0 Å². The minimum absolute atomic E-state index is 0.0103. The molecule has 8 nitrogen and oxygen atoms in total. The smallest absolute Gasteiger partial charge is 0.341 e. The molecule has 3 heterocycles. The zero-order chi connectivity index (χ0) is 31.7. The molecule has 44 heavy (non-hydrogen) atoms. The van der Waals surface area contributed by atoms with E-state index in [4.69, 9.17) is 11.6 Å². The minimum Gasteiger partial charge on any atom is -0.341 e. The van der Waals surface area contributed by atoms with Crippen LogP contribution in [0.4, 0.5) is 26.3 Å². The van der Waals surface area contributed by atoms with E-state index in [-0.39, 0.29) is 23.2 Å². The molecule has 2 unspecified atom stereocenters. The van der Waals surface area contributed by atoms with Crippen molar-refractivity contribution in [2.24, 2.45) is 15.1 Å². The largest absolute Gasteiger partial charge is 0.416 e. The van der Waals surface area contributed by atoms with E-state index >= 15 is 0 Å². The van der Waals surface area contributed by atoms with Crippen molar-refractivity contribution in [3.8, 4) is 0 Å². The normalized spacial score (nSPS) is 21.3. The van der Waals surface area contributed by atoms with Crippen molar-refractivity contribution < 1.29 is 35.8 Å². The van der Waals surface area contributed by atoms with Crippen LogP contribution < -0.4 is 0 Å². The van der Waals surface area contributed by atoms with Crippen molar-refractivity contribution in [2.75, 3.05) is 46.3 Å². The summed E-state index contributed by atoms with van der Waals surface area (Å²) in [5.41, 5.74) is -2.91. The summed E-state index contributed by atoms with van der Waals surface area (Å²) < 4.78 is 80.6. The molecule has 1 saturated heterocycles. The highest BCUT2D eigenvalue weighted by Crippen LogP contribution is 2.37. The van der Waals surface area contributed by atoms with Crippen molar-refractivity contribution in [2.45, 2.75) is 24.7 Å². The topological polar surface area (TPSA) is 63.9 Å². The molecule has 234 valence electrons. The summed E-state index contributed by atoms with van der Waals surface area (Å²) in [6.07, 6.45) is -2.79. The molecular weight excluding hydrogens is 612 g/mol. The average molecular weight is 641 g/mol. The fraction of sp³-hybridized carbons (Fsp3) is 0.379. The van der Waals surface area contributed by atoms with E-state index in [1.165, 1.54) is 18.3 Å². The Morgan fingerprint density at radius 2 is 1.64 bits per heavy atom. The zero-order valence-electron chi connectivity index (χ0n) is 23.6. The SMILES string of the molecule is CN(CC(CCN1CCN([N+]23C=CN=CC2=NC=N3)CC1)c1ccc(Cl)cc1)C(=O)c1cc(C(F)(F)F)cc(C(F)(F)F)c1. The lowest BCUT2D eigenvalue weighted by atomic mass is 9.94. The Hall–Kier alpha value is -3.59. The van der Waals surface area contributed by atoms with E-state index in [0.29, 0.717) is 49.0 Å². The average Bonchev–Trinajstić information content (AvgIpc) is 3.44. The Morgan fingerprint density at radius 3 is 2.25 bits per heavy atom. The minimum atomic E-state index is -5.05. The van der Waals surface area contributed by atoms with Gasteiger partial charge in [0.15, 0.2) is 12.5 Å². The van der Waals surface area contributed by atoms with Gasteiger partial charge in [0.2, 0.25) is 0 Å². The quantitative estimate of drug-likeness (QED) is 0.267. The predicted molar refractivity (Wildman–Crippen MR) is 154 cm³/mol. The molecule has 5 rings (SSSR count). The Morgan fingerprint density at radius 1 is 1.00 bits per heavy atom. The number of carbonyl (C=O) groups is 1. The van der Waals surface area contributed by atoms with Crippen LogP contribution in [0, 0.1) is 0 Å². The highest BCUT2D eigenvalue weighted by molar-refractivity contribution is 6.30. The molecule has 2 atom stereocenters. The molecule has 0 bridgehead atoms. The molecule has 0 spiro atoms. The predicted octanol–water partition coefficient (Wildman–Crippen LogP) is 5.88. The third-order valence-electron chi connectivity index (χ3n) is 7.90. The zero-order valence-corrected chi connectivity index (χ0v) is 24.3. The van der Waals surface area contributed by atoms with Gasteiger partial charge in [-0.25, -0.2) is 0 Å². The van der Waals surface area contributed by atoms with Crippen LogP contribution in [0.25, 0.3) is 0 Å². The van der Waals surface area contributed by atoms with E-state index < -0.39 is 35.0 Å². The van der Waals surface area contributed by atoms with Crippen LogP contribution >= 0.6 is 11.6 Å². The Bertz CT molecular complexity index is 1460. The number of amides is 1. The molecule has 2 aromatic rings. The van der Waals surface area contributed by atoms with Gasteiger partial charge in [-0.15, -0.1) is 5.01 Å². The first-order valence-electron chi connectivity index (χ1n) is 13.8. The van der Waals surface area contributed by atoms with Crippen LogP contribution in [0.5, 0.6) is 0 Å². The number of hydrogen-bond acceptors (Lipinski definition) is 6. The molecule has 2 aromatic carbocycles. The Balaban J connectivity index is 1.28. The number of aliphatic imine (C=N–C) groups is 2. The lowest BCUT2D eigenvalue weighted by Crippen LogP contribution is -2.62. The molecule has 1 amide bonds. The van der Waals surface area contributed by atoms with Gasteiger partial charge in [0.05, 0.1) is 30.4 Å². The number of piperazine rings is 1. The van der Waals surface area contributed by atoms with Crippen LogP contribution in [-0.2, 0) is 12.4 Å². The highest BCUT2D eigenvalue weighted by atomic mass is 35.5. The lowest BCUT2D eigenvalue weighted by molar-refractivity contribution is -0.918. The second-order valence-electron chi connectivity index (χ2n) is 10.8. The Kier molecular flexibility index (Phi) is 8.99. The number of hydrogen-bond donors (Lipinski definition) is 0. The molecule has 0 radical (unpaired) electrons. The lowest BCUT2D eigenvalue weighted by Gasteiger charge is -2.40. The van der Waals surface area contributed by atoms with Gasteiger partial charge in [-0.3, -0.25) is 9.79 Å². The maximum Gasteiger partial charge on any atom is 0.416 e. The summed E-state index contributed by atoms with van der Waals surface area (Å²) in [7, 11) is 1.37. The molecule has 0 aliphatic carbocycles. The van der Waals surface area contributed by atoms with Crippen LogP contribution in [-0.4, -0.2) is 90.1 Å². The molecule has 3 aliphatic heterocycles. The first kappa shape index (κ1) is 31.8. The van der Waals surface area contributed by atoms with E-state index in [1.807, 2.05) is 18.3 Å². The van der Waals surface area contributed by atoms with Gasteiger partial charge in [0.25, 0.3) is 11.7 Å². The number of benzene rings is 2. The standard InChI is InChI=1S/C29H29ClF6N7O/c1-40(27(44)22-14-23(28(31,32)33)16-24(15-22)29(34,35)36)18-21(20-2-4-25(30)5-3-20)6-8-41-9-11-42(12-10-41)43-13-7-37-17-26(43)38-19-39-43/h2-5,7,13-17,19,21H,6,8-12,18H2,1H3/q+1. The number of carbonyl (C=O) groups excluding carboxylic acids is 1. The summed E-state index contributed by atoms with van der Waals surface area (Å²) in [5, 5.41) is 7.22.